The van der Waals surface area contributed by atoms with Gasteiger partial charge in [-0.3, -0.25) is 9.69 Å². The van der Waals surface area contributed by atoms with Crippen molar-refractivity contribution in [3.05, 3.63) is 24.3 Å². The van der Waals surface area contributed by atoms with Gasteiger partial charge in [0.15, 0.2) is 0 Å². The van der Waals surface area contributed by atoms with Crippen LogP contribution in [-0.2, 0) is 4.79 Å². The molecule has 1 unspecified atom stereocenters. The summed E-state index contributed by atoms with van der Waals surface area (Å²) < 4.78 is 5.72. The lowest BCUT2D eigenvalue weighted by molar-refractivity contribution is -0.130. The van der Waals surface area contributed by atoms with Crippen LogP contribution in [0.4, 0.5) is 5.69 Å². The summed E-state index contributed by atoms with van der Waals surface area (Å²) >= 11 is 0. The standard InChI is InChI=1S/C15H21N3O2/c16-13-3-1-2-4-14(13)20-10-9-17-7-8-18-12(11-17)5-6-15(18)19/h1-4,12H,5-11,16H2. The lowest BCUT2D eigenvalue weighted by Gasteiger charge is -2.37. The fourth-order valence-electron chi connectivity index (χ4n) is 3.03. The Bertz CT molecular complexity index is 492. The molecule has 2 aliphatic rings. The summed E-state index contributed by atoms with van der Waals surface area (Å²) in [5.41, 5.74) is 6.52. The maximum Gasteiger partial charge on any atom is 0.222 e. The highest BCUT2D eigenvalue weighted by Gasteiger charge is 2.35. The largest absolute Gasteiger partial charge is 0.490 e. The number of piperazine rings is 1. The number of nitrogen functional groups attached to an aromatic ring is 1. The maximum atomic E-state index is 11.6. The molecule has 0 aromatic heterocycles. The van der Waals surface area contributed by atoms with Gasteiger partial charge in [0.2, 0.25) is 5.91 Å². The topological polar surface area (TPSA) is 58.8 Å². The molecule has 108 valence electrons. The molecule has 0 spiro atoms. The zero-order valence-corrected chi connectivity index (χ0v) is 11.6. The van der Waals surface area contributed by atoms with E-state index in [4.69, 9.17) is 10.5 Å². The Kier molecular flexibility index (Phi) is 3.78. The van der Waals surface area contributed by atoms with Gasteiger partial charge in [-0.2, -0.15) is 0 Å². The van der Waals surface area contributed by atoms with Crippen LogP contribution in [0.1, 0.15) is 12.8 Å². The Hall–Kier alpha value is -1.75. The number of hydrogen-bond acceptors (Lipinski definition) is 4. The Labute approximate surface area is 119 Å². The van der Waals surface area contributed by atoms with Gasteiger partial charge in [0.05, 0.1) is 5.69 Å². The molecule has 0 radical (unpaired) electrons. The fourth-order valence-corrected chi connectivity index (χ4v) is 3.03. The molecule has 5 heteroatoms. The molecule has 5 nitrogen and oxygen atoms in total. The number of amides is 1. The number of nitrogens with two attached hydrogens (primary N) is 1. The monoisotopic (exact) mass is 275 g/mol. The molecule has 3 rings (SSSR count). The summed E-state index contributed by atoms with van der Waals surface area (Å²) in [5, 5.41) is 0. The van der Waals surface area contributed by atoms with Crippen LogP contribution in [0, 0.1) is 0 Å². The number of para-hydroxylation sites is 2. The van der Waals surface area contributed by atoms with E-state index in [9.17, 15) is 4.79 Å². The minimum atomic E-state index is 0.322. The van der Waals surface area contributed by atoms with Crippen molar-refractivity contribution in [1.82, 2.24) is 9.80 Å². The minimum Gasteiger partial charge on any atom is -0.490 e. The lowest BCUT2D eigenvalue weighted by atomic mass is 10.1. The molecule has 0 aliphatic carbocycles. The molecule has 1 amide bonds. The number of benzene rings is 1. The van der Waals surface area contributed by atoms with Gasteiger partial charge in [-0.1, -0.05) is 12.1 Å². The van der Waals surface area contributed by atoms with E-state index in [2.05, 4.69) is 4.90 Å². The van der Waals surface area contributed by atoms with Crippen molar-refractivity contribution < 1.29 is 9.53 Å². The highest BCUT2D eigenvalue weighted by atomic mass is 16.5. The SMILES string of the molecule is Nc1ccccc1OCCN1CCN2C(=O)CCC2C1. The van der Waals surface area contributed by atoms with E-state index >= 15 is 0 Å². The fraction of sp³-hybridized carbons (Fsp3) is 0.533. The summed E-state index contributed by atoms with van der Waals surface area (Å²) in [6.07, 6.45) is 1.72. The lowest BCUT2D eigenvalue weighted by Crippen LogP contribution is -2.52. The first-order valence-corrected chi connectivity index (χ1v) is 7.23. The molecule has 2 N–H and O–H groups in total. The van der Waals surface area contributed by atoms with E-state index in [0.29, 0.717) is 24.2 Å². The predicted molar refractivity (Wildman–Crippen MR) is 77.5 cm³/mol. The molecule has 20 heavy (non-hydrogen) atoms. The van der Waals surface area contributed by atoms with E-state index in [1.807, 2.05) is 29.2 Å². The van der Waals surface area contributed by atoms with Crippen molar-refractivity contribution in [3.63, 3.8) is 0 Å². The Balaban J connectivity index is 1.46. The van der Waals surface area contributed by atoms with Crippen LogP contribution in [0.5, 0.6) is 5.75 Å². The number of anilines is 1. The minimum absolute atomic E-state index is 0.322. The molecule has 1 aromatic carbocycles. The average molecular weight is 275 g/mol. The first-order chi connectivity index (χ1) is 9.74. The van der Waals surface area contributed by atoms with Crippen LogP contribution in [0.15, 0.2) is 24.3 Å². The molecule has 2 aliphatic heterocycles. The third-order valence-electron chi connectivity index (χ3n) is 4.16. The summed E-state index contributed by atoms with van der Waals surface area (Å²) in [5.74, 6) is 1.07. The van der Waals surface area contributed by atoms with Gasteiger partial charge in [0.1, 0.15) is 12.4 Å². The van der Waals surface area contributed by atoms with Crippen molar-refractivity contribution in [1.29, 1.82) is 0 Å². The van der Waals surface area contributed by atoms with Gasteiger partial charge < -0.3 is 15.4 Å². The van der Waals surface area contributed by atoms with E-state index in [-0.39, 0.29) is 0 Å². The van der Waals surface area contributed by atoms with Gasteiger partial charge in [0, 0.05) is 38.6 Å². The second kappa shape index (κ2) is 5.71. The first-order valence-electron chi connectivity index (χ1n) is 7.23. The van der Waals surface area contributed by atoms with Crippen LogP contribution >= 0.6 is 0 Å². The first kappa shape index (κ1) is 13.2. The molecule has 0 saturated carbocycles. The van der Waals surface area contributed by atoms with Crippen LogP contribution < -0.4 is 10.5 Å². The van der Waals surface area contributed by atoms with Crippen LogP contribution in [-0.4, -0.2) is 54.5 Å². The Morgan fingerprint density at radius 2 is 2.15 bits per heavy atom. The van der Waals surface area contributed by atoms with Crippen molar-refractivity contribution in [3.8, 4) is 5.75 Å². The van der Waals surface area contributed by atoms with Gasteiger partial charge in [0.25, 0.3) is 0 Å². The number of hydrogen-bond donors (Lipinski definition) is 1. The molecular formula is C15H21N3O2. The van der Waals surface area contributed by atoms with E-state index in [1.54, 1.807) is 0 Å². The molecule has 1 aromatic rings. The smallest absolute Gasteiger partial charge is 0.222 e. The Morgan fingerprint density at radius 3 is 3.00 bits per heavy atom. The van der Waals surface area contributed by atoms with Crippen LogP contribution in [0.25, 0.3) is 0 Å². The highest BCUT2D eigenvalue weighted by Crippen LogP contribution is 2.23. The molecule has 2 fully saturated rings. The number of carbonyl (C=O) groups is 1. The molecule has 2 saturated heterocycles. The predicted octanol–water partition coefficient (Wildman–Crippen LogP) is 0.954. The molecular weight excluding hydrogens is 254 g/mol. The summed E-state index contributed by atoms with van der Waals surface area (Å²) in [4.78, 5) is 16.0. The summed E-state index contributed by atoms with van der Waals surface area (Å²) in [7, 11) is 0. The van der Waals surface area contributed by atoms with Gasteiger partial charge >= 0.3 is 0 Å². The zero-order valence-electron chi connectivity index (χ0n) is 11.6. The number of rotatable bonds is 4. The number of carbonyl (C=O) groups excluding carboxylic acids is 1. The van der Waals surface area contributed by atoms with E-state index < -0.39 is 0 Å². The second-order valence-electron chi connectivity index (χ2n) is 5.47. The highest BCUT2D eigenvalue weighted by molar-refractivity contribution is 5.78. The molecule has 2 heterocycles. The summed E-state index contributed by atoms with van der Waals surface area (Å²) in [6, 6.07) is 7.98. The summed E-state index contributed by atoms with van der Waals surface area (Å²) in [6.45, 7) is 4.29. The number of fused-ring (bicyclic) bond motifs is 1. The van der Waals surface area contributed by atoms with Crippen molar-refractivity contribution in [2.75, 3.05) is 38.5 Å². The van der Waals surface area contributed by atoms with E-state index in [1.165, 1.54) is 0 Å². The van der Waals surface area contributed by atoms with Crippen molar-refractivity contribution in [2.45, 2.75) is 18.9 Å². The molecule has 1 atom stereocenters. The van der Waals surface area contributed by atoms with Gasteiger partial charge in [-0.05, 0) is 18.6 Å². The molecule has 0 bridgehead atoms. The quantitative estimate of drug-likeness (QED) is 0.831. The average Bonchev–Trinajstić information content (AvgIpc) is 2.82. The van der Waals surface area contributed by atoms with Crippen molar-refractivity contribution >= 4 is 11.6 Å². The second-order valence-corrected chi connectivity index (χ2v) is 5.47. The van der Waals surface area contributed by atoms with Crippen LogP contribution in [0.2, 0.25) is 0 Å². The van der Waals surface area contributed by atoms with Gasteiger partial charge in [-0.15, -0.1) is 0 Å². The number of nitrogens with zero attached hydrogens (tertiary/aromatic N) is 2. The Morgan fingerprint density at radius 1 is 1.30 bits per heavy atom. The maximum absolute atomic E-state index is 11.6. The third kappa shape index (κ3) is 2.72. The zero-order chi connectivity index (χ0) is 13.9. The number of ether oxygens (including phenoxy) is 1. The van der Waals surface area contributed by atoms with E-state index in [0.717, 1.165) is 44.8 Å². The van der Waals surface area contributed by atoms with Crippen molar-refractivity contribution in [2.24, 2.45) is 0 Å². The van der Waals surface area contributed by atoms with Gasteiger partial charge in [-0.25, -0.2) is 0 Å². The normalized spacial score (nSPS) is 22.9. The third-order valence-corrected chi connectivity index (χ3v) is 4.16. The van der Waals surface area contributed by atoms with Crippen LogP contribution in [0.3, 0.4) is 0 Å².